The lowest BCUT2D eigenvalue weighted by atomic mass is 10.1. The first-order valence-electron chi connectivity index (χ1n) is 7.24. The third kappa shape index (κ3) is 5.65. The molecule has 102 valence electrons. The average molecular weight is 248 g/mol. The van der Waals surface area contributed by atoms with Crippen LogP contribution in [-0.4, -0.2) is 31.6 Å². The molecule has 1 rings (SSSR count). The second-order valence-corrected chi connectivity index (χ2v) is 4.89. The quantitative estimate of drug-likeness (QED) is 0.722. The van der Waals surface area contributed by atoms with Gasteiger partial charge in [-0.25, -0.2) is 0 Å². The van der Waals surface area contributed by atoms with Gasteiger partial charge in [0.25, 0.3) is 0 Å². The molecule has 0 aromatic heterocycles. The minimum absolute atomic E-state index is 1.05. The summed E-state index contributed by atoms with van der Waals surface area (Å²) >= 11 is 0. The summed E-state index contributed by atoms with van der Waals surface area (Å²) in [6.07, 6.45) is 3.69. The van der Waals surface area contributed by atoms with Gasteiger partial charge in [0, 0.05) is 6.54 Å². The topological polar surface area (TPSA) is 15.3 Å². The Morgan fingerprint density at radius 2 is 1.72 bits per heavy atom. The molecule has 0 aliphatic heterocycles. The fourth-order valence-corrected chi connectivity index (χ4v) is 2.07. The highest BCUT2D eigenvalue weighted by Gasteiger charge is 2.03. The monoisotopic (exact) mass is 248 g/mol. The largest absolute Gasteiger partial charge is 0.319 e. The number of likely N-dealkylation sites (N-methyl/N-ethyl adjacent to an activating group) is 1. The molecule has 1 N–H and O–H groups in total. The zero-order valence-corrected chi connectivity index (χ0v) is 12.2. The number of benzene rings is 1. The summed E-state index contributed by atoms with van der Waals surface area (Å²) in [7, 11) is 2.00. The zero-order chi connectivity index (χ0) is 13.2. The lowest BCUT2D eigenvalue weighted by Gasteiger charge is -2.20. The molecule has 0 bridgehead atoms. The van der Waals surface area contributed by atoms with E-state index < -0.39 is 0 Å². The molecule has 18 heavy (non-hydrogen) atoms. The van der Waals surface area contributed by atoms with E-state index in [0.29, 0.717) is 0 Å². The van der Waals surface area contributed by atoms with Crippen molar-refractivity contribution < 1.29 is 0 Å². The maximum Gasteiger partial charge on any atom is 0.0233 e. The lowest BCUT2D eigenvalue weighted by molar-refractivity contribution is 0.275. The highest BCUT2D eigenvalue weighted by Crippen LogP contribution is 2.09. The molecule has 0 heterocycles. The van der Waals surface area contributed by atoms with Crippen LogP contribution in [0, 0.1) is 0 Å². The van der Waals surface area contributed by atoms with Crippen LogP contribution in [0.3, 0.4) is 0 Å². The molecule has 1 aromatic carbocycles. The first-order valence-corrected chi connectivity index (χ1v) is 7.24. The average Bonchev–Trinajstić information content (AvgIpc) is 2.42. The van der Waals surface area contributed by atoms with Crippen molar-refractivity contribution in [3.05, 3.63) is 35.4 Å². The smallest absolute Gasteiger partial charge is 0.0233 e. The number of rotatable bonds is 9. The molecule has 0 atom stereocenters. The van der Waals surface area contributed by atoms with Gasteiger partial charge in [-0.2, -0.15) is 0 Å². The van der Waals surface area contributed by atoms with Gasteiger partial charge >= 0.3 is 0 Å². The van der Waals surface area contributed by atoms with Crippen molar-refractivity contribution in [2.45, 2.75) is 39.7 Å². The molecule has 0 saturated carbocycles. The maximum atomic E-state index is 3.19. The first kappa shape index (κ1) is 15.2. The van der Waals surface area contributed by atoms with Crippen LogP contribution in [0.25, 0.3) is 0 Å². The number of nitrogens with one attached hydrogen (secondary N) is 1. The van der Waals surface area contributed by atoms with Crippen molar-refractivity contribution in [1.82, 2.24) is 10.2 Å². The van der Waals surface area contributed by atoms with E-state index in [1.54, 1.807) is 0 Å². The number of hydrogen-bond acceptors (Lipinski definition) is 2. The van der Waals surface area contributed by atoms with Gasteiger partial charge in [-0.1, -0.05) is 44.5 Å². The maximum absolute atomic E-state index is 3.19. The van der Waals surface area contributed by atoms with Gasteiger partial charge in [-0.15, -0.1) is 0 Å². The van der Waals surface area contributed by atoms with E-state index in [9.17, 15) is 0 Å². The highest BCUT2D eigenvalue weighted by atomic mass is 15.1. The molecule has 2 nitrogen and oxygen atoms in total. The van der Waals surface area contributed by atoms with E-state index in [2.05, 4.69) is 48.3 Å². The van der Waals surface area contributed by atoms with E-state index in [-0.39, 0.29) is 0 Å². The Labute approximate surface area is 112 Å². The lowest BCUT2D eigenvalue weighted by Crippen LogP contribution is -2.23. The molecular formula is C16H28N2. The summed E-state index contributed by atoms with van der Waals surface area (Å²) < 4.78 is 0. The molecule has 0 saturated heterocycles. The minimum atomic E-state index is 1.05. The summed E-state index contributed by atoms with van der Waals surface area (Å²) in [4.78, 5) is 2.52. The summed E-state index contributed by atoms with van der Waals surface area (Å²) in [5.74, 6) is 0. The van der Waals surface area contributed by atoms with Gasteiger partial charge in [-0.05, 0) is 50.7 Å². The summed E-state index contributed by atoms with van der Waals surface area (Å²) in [6.45, 7) is 9.00. The Morgan fingerprint density at radius 3 is 2.28 bits per heavy atom. The van der Waals surface area contributed by atoms with E-state index >= 15 is 0 Å². The van der Waals surface area contributed by atoms with Gasteiger partial charge < -0.3 is 5.32 Å². The predicted octanol–water partition coefficient (Wildman–Crippen LogP) is 3.07. The van der Waals surface area contributed by atoms with Crippen LogP contribution >= 0.6 is 0 Å². The van der Waals surface area contributed by atoms with Crippen LogP contribution in [0.2, 0.25) is 0 Å². The third-order valence-corrected chi connectivity index (χ3v) is 3.37. The SMILES string of the molecule is CCCCN(CC)Cc1ccc(CCNC)cc1. The first-order chi connectivity index (χ1) is 8.80. The molecule has 0 unspecified atom stereocenters. The zero-order valence-electron chi connectivity index (χ0n) is 12.2. The van der Waals surface area contributed by atoms with Crippen molar-refractivity contribution in [3.8, 4) is 0 Å². The van der Waals surface area contributed by atoms with Gasteiger partial charge in [0.2, 0.25) is 0 Å². The molecule has 0 aliphatic carbocycles. The Hall–Kier alpha value is -0.860. The Balaban J connectivity index is 2.45. The van der Waals surface area contributed by atoms with Crippen molar-refractivity contribution in [1.29, 1.82) is 0 Å². The van der Waals surface area contributed by atoms with E-state index in [1.165, 1.54) is 30.5 Å². The van der Waals surface area contributed by atoms with Crippen molar-refractivity contribution >= 4 is 0 Å². The van der Waals surface area contributed by atoms with Gasteiger partial charge in [0.1, 0.15) is 0 Å². The van der Waals surface area contributed by atoms with E-state index in [0.717, 1.165) is 26.1 Å². The standard InChI is InChI=1S/C16H28N2/c1-4-6-13-18(5-2)14-16-9-7-15(8-10-16)11-12-17-3/h7-10,17H,4-6,11-14H2,1-3H3. The van der Waals surface area contributed by atoms with Gasteiger partial charge in [0.15, 0.2) is 0 Å². The fourth-order valence-electron chi connectivity index (χ4n) is 2.07. The number of unbranched alkanes of at least 4 members (excludes halogenated alkanes) is 1. The molecule has 0 amide bonds. The van der Waals surface area contributed by atoms with Crippen molar-refractivity contribution in [2.75, 3.05) is 26.7 Å². The Bertz CT molecular complexity index is 305. The van der Waals surface area contributed by atoms with Crippen LogP contribution in [0.5, 0.6) is 0 Å². The van der Waals surface area contributed by atoms with Crippen LogP contribution in [0.15, 0.2) is 24.3 Å². The van der Waals surface area contributed by atoms with Crippen molar-refractivity contribution in [3.63, 3.8) is 0 Å². The molecule has 0 radical (unpaired) electrons. The molecule has 0 spiro atoms. The van der Waals surface area contributed by atoms with Crippen molar-refractivity contribution in [2.24, 2.45) is 0 Å². The molecule has 2 heteroatoms. The Morgan fingerprint density at radius 1 is 1.06 bits per heavy atom. The molecule has 1 aromatic rings. The van der Waals surface area contributed by atoms with Crippen LogP contribution in [0.1, 0.15) is 37.8 Å². The molecular weight excluding hydrogens is 220 g/mol. The summed E-state index contributed by atoms with van der Waals surface area (Å²) in [5, 5.41) is 3.19. The number of nitrogens with zero attached hydrogens (tertiary/aromatic N) is 1. The van der Waals surface area contributed by atoms with Gasteiger partial charge in [0.05, 0.1) is 0 Å². The van der Waals surface area contributed by atoms with Crippen LogP contribution in [-0.2, 0) is 13.0 Å². The Kier molecular flexibility index (Phi) is 7.70. The second-order valence-electron chi connectivity index (χ2n) is 4.89. The van der Waals surface area contributed by atoms with Crippen LogP contribution < -0.4 is 5.32 Å². The summed E-state index contributed by atoms with van der Waals surface area (Å²) in [5.41, 5.74) is 2.85. The second kappa shape index (κ2) is 9.12. The van der Waals surface area contributed by atoms with E-state index in [1.807, 2.05) is 7.05 Å². The third-order valence-electron chi connectivity index (χ3n) is 3.37. The molecule has 0 aliphatic rings. The summed E-state index contributed by atoms with van der Waals surface area (Å²) in [6, 6.07) is 9.08. The van der Waals surface area contributed by atoms with Crippen LogP contribution in [0.4, 0.5) is 0 Å². The van der Waals surface area contributed by atoms with E-state index in [4.69, 9.17) is 0 Å². The minimum Gasteiger partial charge on any atom is -0.319 e. The molecule has 0 fully saturated rings. The van der Waals surface area contributed by atoms with Gasteiger partial charge in [-0.3, -0.25) is 4.90 Å². The normalized spacial score (nSPS) is 11.1. The fraction of sp³-hybridized carbons (Fsp3) is 0.625. The number of hydrogen-bond donors (Lipinski definition) is 1. The predicted molar refractivity (Wildman–Crippen MR) is 79.9 cm³/mol. The highest BCUT2D eigenvalue weighted by molar-refractivity contribution is 5.22.